The number of benzene rings is 1. The minimum atomic E-state index is -1.71. The molecule has 1 aromatic rings. The largest absolute Gasteiger partial charge is 0.489 e. The van der Waals surface area contributed by atoms with Gasteiger partial charge >= 0.3 is 5.97 Å². The van der Waals surface area contributed by atoms with Crippen LogP contribution in [0, 0.1) is 11.7 Å². The molecule has 0 saturated carbocycles. The molecule has 2 saturated heterocycles. The first-order valence-corrected chi connectivity index (χ1v) is 10.5. The summed E-state index contributed by atoms with van der Waals surface area (Å²) in [6.07, 6.45) is 0.468. The second-order valence-electron chi connectivity index (χ2n) is 8.41. The number of morpholine rings is 1. The quantitative estimate of drug-likeness (QED) is 0.695. The van der Waals surface area contributed by atoms with Gasteiger partial charge in [0.2, 0.25) is 11.6 Å². The second-order valence-corrected chi connectivity index (χ2v) is 8.82. The van der Waals surface area contributed by atoms with Gasteiger partial charge in [0.1, 0.15) is 17.6 Å². The summed E-state index contributed by atoms with van der Waals surface area (Å²) in [5.74, 6) is -2.08. The van der Waals surface area contributed by atoms with Gasteiger partial charge in [0.05, 0.1) is 30.0 Å². The number of carboxylic acid groups (broad SMARTS) is 1. The van der Waals surface area contributed by atoms with Crippen molar-refractivity contribution in [2.45, 2.75) is 58.3 Å². The first-order chi connectivity index (χ1) is 14.1. The van der Waals surface area contributed by atoms with Crippen molar-refractivity contribution in [3.05, 3.63) is 23.0 Å². The van der Waals surface area contributed by atoms with Crippen molar-refractivity contribution >= 4 is 29.2 Å². The fraction of sp³-hybridized carbons (Fsp3) is 0.619. The Morgan fingerprint density at radius 3 is 2.70 bits per heavy atom. The van der Waals surface area contributed by atoms with Crippen LogP contribution in [-0.2, 0) is 14.3 Å². The summed E-state index contributed by atoms with van der Waals surface area (Å²) in [6, 6.07) is 1.60. The molecule has 2 aliphatic heterocycles. The molecule has 2 atom stereocenters. The number of hydrogen-bond donors (Lipinski definition) is 1. The van der Waals surface area contributed by atoms with Crippen molar-refractivity contribution in [2.75, 3.05) is 24.7 Å². The monoisotopic (exact) mass is 442 g/mol. The molecule has 2 fully saturated rings. The topological polar surface area (TPSA) is 79.3 Å². The smallest absolute Gasteiger partial charge is 0.345 e. The highest BCUT2D eigenvalue weighted by Gasteiger charge is 2.63. The summed E-state index contributed by atoms with van der Waals surface area (Å²) >= 11 is 6.13. The van der Waals surface area contributed by atoms with E-state index in [1.54, 1.807) is 18.7 Å². The van der Waals surface area contributed by atoms with Crippen LogP contribution < -0.4 is 9.64 Å². The number of aliphatic carboxylic acids is 1. The Balaban J connectivity index is 2.18. The number of carbonyl (C=O) groups is 2. The lowest BCUT2D eigenvalue weighted by Crippen LogP contribution is -2.62. The highest BCUT2D eigenvalue weighted by atomic mass is 35.5. The van der Waals surface area contributed by atoms with E-state index in [-0.39, 0.29) is 48.1 Å². The number of nitrogens with zero attached hydrogens (tertiary/aromatic N) is 2. The lowest BCUT2D eigenvalue weighted by molar-refractivity contribution is -0.154. The van der Waals surface area contributed by atoms with Crippen LogP contribution in [0.1, 0.15) is 40.5 Å². The van der Waals surface area contributed by atoms with Gasteiger partial charge in [-0.25, -0.2) is 9.18 Å². The summed E-state index contributed by atoms with van der Waals surface area (Å²) in [6.45, 7) is 8.18. The van der Waals surface area contributed by atoms with E-state index < -0.39 is 29.4 Å². The third-order valence-corrected chi connectivity index (χ3v) is 5.79. The third-order valence-electron chi connectivity index (χ3n) is 5.50. The van der Waals surface area contributed by atoms with Crippen LogP contribution >= 0.6 is 11.6 Å². The molecule has 0 bridgehead atoms. The Morgan fingerprint density at radius 1 is 1.40 bits per heavy atom. The number of fused-ring (bicyclic) bond motifs is 1. The van der Waals surface area contributed by atoms with Crippen molar-refractivity contribution < 1.29 is 28.6 Å². The Morgan fingerprint density at radius 2 is 2.10 bits per heavy atom. The van der Waals surface area contributed by atoms with Crippen LogP contribution in [0.2, 0.25) is 5.02 Å². The summed E-state index contributed by atoms with van der Waals surface area (Å²) in [7, 11) is 0. The van der Waals surface area contributed by atoms with E-state index in [0.717, 1.165) is 11.0 Å². The number of ether oxygens (including phenoxy) is 2. The predicted octanol–water partition coefficient (Wildman–Crippen LogP) is 3.53. The van der Waals surface area contributed by atoms with Gasteiger partial charge in [-0.3, -0.25) is 14.6 Å². The molecule has 2 unspecified atom stereocenters. The lowest BCUT2D eigenvalue weighted by atomic mass is 9.95. The zero-order valence-corrected chi connectivity index (χ0v) is 18.4. The third kappa shape index (κ3) is 3.88. The second kappa shape index (κ2) is 8.69. The average molecular weight is 443 g/mol. The van der Waals surface area contributed by atoms with Gasteiger partial charge in [-0.2, -0.15) is 0 Å². The van der Waals surface area contributed by atoms with E-state index in [1.165, 1.54) is 6.07 Å². The van der Waals surface area contributed by atoms with E-state index in [0.29, 0.717) is 13.0 Å². The highest BCUT2D eigenvalue weighted by molar-refractivity contribution is 6.32. The van der Waals surface area contributed by atoms with E-state index in [1.807, 2.05) is 13.8 Å². The van der Waals surface area contributed by atoms with Gasteiger partial charge in [0.15, 0.2) is 0 Å². The Hall–Kier alpha value is -1.90. The number of anilines is 1. The Kier molecular flexibility index (Phi) is 6.60. The van der Waals surface area contributed by atoms with E-state index in [4.69, 9.17) is 21.1 Å². The normalized spacial score (nSPS) is 24.6. The predicted molar refractivity (Wildman–Crippen MR) is 110 cm³/mol. The standard InChI is InChI=1S/C21H28ClFN2O5/c1-12(2)5-6-21(20(27)28)24-7-8-29-11-17(24)19(26)25(21)16-10-18(30-13(3)4)14(22)9-15(16)23/h9-10,12-13,17H,5-8,11H2,1-4H3,(H,27,28). The number of amides is 1. The van der Waals surface area contributed by atoms with Crippen LogP contribution in [0.15, 0.2) is 12.1 Å². The van der Waals surface area contributed by atoms with Gasteiger partial charge in [0.25, 0.3) is 0 Å². The maximum absolute atomic E-state index is 15.1. The van der Waals surface area contributed by atoms with Crippen molar-refractivity contribution in [3.63, 3.8) is 0 Å². The van der Waals surface area contributed by atoms with E-state index in [9.17, 15) is 14.7 Å². The summed E-state index contributed by atoms with van der Waals surface area (Å²) in [5.41, 5.74) is -1.86. The summed E-state index contributed by atoms with van der Waals surface area (Å²) in [4.78, 5) is 28.8. The molecule has 3 rings (SSSR count). The molecule has 0 aromatic heterocycles. The van der Waals surface area contributed by atoms with E-state index in [2.05, 4.69) is 0 Å². The molecule has 0 radical (unpaired) electrons. The first kappa shape index (κ1) is 22.8. The highest BCUT2D eigenvalue weighted by Crippen LogP contribution is 2.44. The van der Waals surface area contributed by atoms with Crippen LogP contribution in [0.4, 0.5) is 10.1 Å². The van der Waals surface area contributed by atoms with Crippen molar-refractivity contribution in [3.8, 4) is 5.75 Å². The summed E-state index contributed by atoms with van der Waals surface area (Å²) < 4.78 is 26.2. The van der Waals surface area contributed by atoms with Crippen molar-refractivity contribution in [1.82, 2.24) is 4.90 Å². The zero-order chi connectivity index (χ0) is 22.2. The molecule has 0 spiro atoms. The number of hydrogen-bond acceptors (Lipinski definition) is 5. The molecule has 1 amide bonds. The van der Waals surface area contributed by atoms with Gasteiger partial charge in [-0.15, -0.1) is 0 Å². The molecule has 2 heterocycles. The molecule has 0 aliphatic carbocycles. The Labute approximate surface area is 180 Å². The van der Waals surface area contributed by atoms with Gasteiger partial charge < -0.3 is 14.6 Å². The summed E-state index contributed by atoms with van der Waals surface area (Å²) in [5, 5.41) is 10.4. The fourth-order valence-corrected chi connectivity index (χ4v) is 4.33. The molecule has 30 heavy (non-hydrogen) atoms. The molecule has 9 heteroatoms. The molecule has 1 N–H and O–H groups in total. The van der Waals surface area contributed by atoms with Gasteiger partial charge in [0, 0.05) is 12.6 Å². The number of carbonyl (C=O) groups excluding carboxylic acids is 1. The van der Waals surface area contributed by atoms with Crippen molar-refractivity contribution in [2.24, 2.45) is 5.92 Å². The van der Waals surface area contributed by atoms with Crippen molar-refractivity contribution in [1.29, 1.82) is 0 Å². The molecule has 166 valence electrons. The lowest BCUT2D eigenvalue weighted by Gasteiger charge is -2.42. The minimum absolute atomic E-state index is 0.0563. The zero-order valence-electron chi connectivity index (χ0n) is 17.7. The fourth-order valence-electron chi connectivity index (χ4n) is 4.13. The van der Waals surface area contributed by atoms with Gasteiger partial charge in [-0.05, 0) is 38.7 Å². The first-order valence-electron chi connectivity index (χ1n) is 10.2. The van der Waals surface area contributed by atoms with E-state index >= 15 is 4.39 Å². The van der Waals surface area contributed by atoms with Crippen LogP contribution in [0.5, 0.6) is 5.75 Å². The number of rotatable bonds is 7. The Bertz CT molecular complexity index is 834. The molecular weight excluding hydrogens is 415 g/mol. The average Bonchev–Trinajstić information content (AvgIpc) is 2.92. The molecule has 7 nitrogen and oxygen atoms in total. The van der Waals surface area contributed by atoms with Crippen LogP contribution in [0.25, 0.3) is 0 Å². The van der Waals surface area contributed by atoms with Gasteiger partial charge in [-0.1, -0.05) is 25.4 Å². The maximum Gasteiger partial charge on any atom is 0.345 e. The molecule has 2 aliphatic rings. The SMILES string of the molecule is CC(C)CCC1(C(=O)O)N(c2cc(OC(C)C)c(Cl)cc2F)C(=O)C2COCCN21. The van der Waals surface area contributed by atoms with Crippen LogP contribution in [0.3, 0.4) is 0 Å². The number of halogens is 2. The maximum atomic E-state index is 15.1. The van der Waals surface area contributed by atoms with Crippen LogP contribution in [-0.4, -0.2) is 59.5 Å². The minimum Gasteiger partial charge on any atom is -0.489 e. The number of carboxylic acids is 1. The molecule has 1 aromatic carbocycles. The molecular formula is C21H28ClFN2O5.